The van der Waals surface area contributed by atoms with Crippen molar-refractivity contribution in [3.8, 4) is 11.2 Å². The highest BCUT2D eigenvalue weighted by atomic mass is 32.1. The van der Waals surface area contributed by atoms with E-state index in [1.807, 2.05) is 26.8 Å². The zero-order chi connectivity index (χ0) is 22.3. The van der Waals surface area contributed by atoms with Crippen molar-refractivity contribution in [3.05, 3.63) is 28.5 Å². The Balaban J connectivity index is 1.49. The van der Waals surface area contributed by atoms with Crippen molar-refractivity contribution in [1.82, 2.24) is 24.6 Å². The summed E-state index contributed by atoms with van der Waals surface area (Å²) in [6, 6.07) is 1.73. The van der Waals surface area contributed by atoms with Gasteiger partial charge in [-0.3, -0.25) is 4.79 Å². The number of hydrogen-bond acceptors (Lipinski definition) is 8. The lowest BCUT2D eigenvalue weighted by atomic mass is 10.1. The molecule has 2 atom stereocenters. The van der Waals surface area contributed by atoms with Crippen molar-refractivity contribution in [1.29, 1.82) is 5.26 Å². The summed E-state index contributed by atoms with van der Waals surface area (Å²) in [6.07, 6.45) is 3.26. The summed E-state index contributed by atoms with van der Waals surface area (Å²) in [6.45, 7) is 6.69. The van der Waals surface area contributed by atoms with E-state index in [4.69, 9.17) is 14.7 Å². The number of fused-ring (bicyclic) bond motifs is 1. The predicted octanol–water partition coefficient (Wildman–Crippen LogP) is 2.18. The average Bonchev–Trinajstić information content (AvgIpc) is 3.44. The second-order valence-corrected chi connectivity index (χ2v) is 9.68. The highest BCUT2D eigenvalue weighted by Gasteiger charge is 2.44. The third-order valence-electron chi connectivity index (χ3n) is 5.19. The van der Waals surface area contributed by atoms with Gasteiger partial charge in [0.15, 0.2) is 0 Å². The Morgan fingerprint density at radius 2 is 2.19 bits per heavy atom. The van der Waals surface area contributed by atoms with Gasteiger partial charge in [0.25, 0.3) is 5.91 Å². The number of likely N-dealkylation sites (tertiary alicyclic amines) is 1. The SMILES string of the molecule is COC[C@@H]1C[C@@H](N2Cc3sc(-n4cc(C#N)cn4)nc3C2=O)CN1C(=O)OC(C)(C)C. The van der Waals surface area contributed by atoms with Gasteiger partial charge in [-0.25, -0.2) is 14.5 Å². The Kier molecular flexibility index (Phi) is 5.45. The first-order chi connectivity index (χ1) is 14.7. The van der Waals surface area contributed by atoms with E-state index in [2.05, 4.69) is 10.1 Å². The van der Waals surface area contributed by atoms with Gasteiger partial charge in [-0.15, -0.1) is 0 Å². The Bertz CT molecular complexity index is 1050. The molecule has 4 heterocycles. The third-order valence-corrected chi connectivity index (χ3v) is 6.22. The van der Waals surface area contributed by atoms with E-state index in [0.29, 0.717) is 42.5 Å². The van der Waals surface area contributed by atoms with Crippen LogP contribution < -0.4 is 0 Å². The number of methoxy groups -OCH3 is 1. The molecule has 164 valence electrons. The van der Waals surface area contributed by atoms with Gasteiger partial charge in [-0.1, -0.05) is 11.3 Å². The fraction of sp³-hybridized carbons (Fsp3) is 0.550. The molecule has 10 nitrogen and oxygen atoms in total. The number of aromatic nitrogens is 3. The van der Waals surface area contributed by atoms with Crippen molar-refractivity contribution in [2.45, 2.75) is 51.4 Å². The molecule has 2 aliphatic heterocycles. The van der Waals surface area contributed by atoms with Crippen molar-refractivity contribution >= 4 is 23.3 Å². The smallest absolute Gasteiger partial charge is 0.410 e. The maximum atomic E-state index is 13.1. The number of hydrogen-bond donors (Lipinski definition) is 0. The average molecular weight is 445 g/mol. The molecule has 2 amide bonds. The number of nitrogens with zero attached hydrogens (tertiary/aromatic N) is 6. The van der Waals surface area contributed by atoms with E-state index in [9.17, 15) is 9.59 Å². The number of nitriles is 1. The maximum absolute atomic E-state index is 13.1. The minimum absolute atomic E-state index is 0.139. The monoisotopic (exact) mass is 444 g/mol. The molecule has 2 aromatic rings. The van der Waals surface area contributed by atoms with Crippen molar-refractivity contribution in [3.63, 3.8) is 0 Å². The molecule has 0 aliphatic carbocycles. The quantitative estimate of drug-likeness (QED) is 0.710. The zero-order valence-electron chi connectivity index (χ0n) is 17.9. The molecule has 0 saturated carbocycles. The highest BCUT2D eigenvalue weighted by Crippen LogP contribution is 2.34. The molecule has 0 radical (unpaired) electrons. The Morgan fingerprint density at radius 3 is 2.81 bits per heavy atom. The minimum Gasteiger partial charge on any atom is -0.444 e. The van der Waals surface area contributed by atoms with Crippen LogP contribution in [0.1, 0.15) is 48.1 Å². The molecule has 0 aromatic carbocycles. The summed E-state index contributed by atoms with van der Waals surface area (Å²) >= 11 is 1.38. The first kappa shape index (κ1) is 21.3. The van der Waals surface area contributed by atoms with Gasteiger partial charge in [-0.05, 0) is 27.2 Å². The molecule has 4 rings (SSSR count). The summed E-state index contributed by atoms with van der Waals surface area (Å²) in [5.74, 6) is -0.155. The molecule has 31 heavy (non-hydrogen) atoms. The summed E-state index contributed by atoms with van der Waals surface area (Å²) in [5.41, 5.74) is 0.243. The second kappa shape index (κ2) is 7.94. The lowest BCUT2D eigenvalue weighted by Crippen LogP contribution is -2.43. The van der Waals surface area contributed by atoms with Gasteiger partial charge < -0.3 is 19.3 Å². The Morgan fingerprint density at radius 1 is 1.42 bits per heavy atom. The van der Waals surface area contributed by atoms with Crippen molar-refractivity contribution in [2.24, 2.45) is 0 Å². The van der Waals surface area contributed by atoms with Crippen molar-refractivity contribution < 1.29 is 19.1 Å². The first-order valence-corrected chi connectivity index (χ1v) is 10.8. The lowest BCUT2D eigenvalue weighted by molar-refractivity contribution is 0.0140. The van der Waals surface area contributed by atoms with Crippen LogP contribution in [0.2, 0.25) is 0 Å². The van der Waals surface area contributed by atoms with Crippen LogP contribution in [0.15, 0.2) is 12.4 Å². The highest BCUT2D eigenvalue weighted by molar-refractivity contribution is 7.14. The molecule has 2 aromatic heterocycles. The summed E-state index contributed by atoms with van der Waals surface area (Å²) in [7, 11) is 1.59. The fourth-order valence-corrected chi connectivity index (χ4v) is 4.85. The number of carbonyl (C=O) groups excluding carboxylic acids is 2. The van der Waals surface area contributed by atoms with Gasteiger partial charge >= 0.3 is 6.09 Å². The second-order valence-electron chi connectivity index (χ2n) is 8.62. The van der Waals surface area contributed by atoms with E-state index in [-0.39, 0.29) is 18.0 Å². The van der Waals surface area contributed by atoms with Gasteiger partial charge in [-0.2, -0.15) is 10.4 Å². The van der Waals surface area contributed by atoms with E-state index >= 15 is 0 Å². The fourth-order valence-electron chi connectivity index (χ4n) is 3.87. The number of amides is 2. The van der Waals surface area contributed by atoms with Gasteiger partial charge in [0, 0.05) is 13.7 Å². The van der Waals surface area contributed by atoms with Crippen LogP contribution in [0.4, 0.5) is 4.79 Å². The van der Waals surface area contributed by atoms with Gasteiger partial charge in [0.2, 0.25) is 5.13 Å². The van der Waals surface area contributed by atoms with Crippen LogP contribution in [0.25, 0.3) is 5.13 Å². The first-order valence-electron chi connectivity index (χ1n) is 9.94. The summed E-state index contributed by atoms with van der Waals surface area (Å²) in [4.78, 5) is 34.5. The molecule has 0 N–H and O–H groups in total. The number of rotatable bonds is 4. The van der Waals surface area contributed by atoms with E-state index in [1.54, 1.807) is 23.1 Å². The molecular weight excluding hydrogens is 420 g/mol. The minimum atomic E-state index is -0.599. The van der Waals surface area contributed by atoms with Crippen LogP contribution in [-0.4, -0.2) is 74.5 Å². The molecule has 1 fully saturated rings. The summed E-state index contributed by atoms with van der Waals surface area (Å²) < 4.78 is 12.4. The molecule has 0 unspecified atom stereocenters. The summed E-state index contributed by atoms with van der Waals surface area (Å²) in [5, 5.41) is 13.6. The molecule has 1 saturated heterocycles. The number of thiazole rings is 1. The molecule has 0 bridgehead atoms. The molecule has 2 aliphatic rings. The van der Waals surface area contributed by atoms with Gasteiger partial charge in [0.05, 0.1) is 48.1 Å². The van der Waals surface area contributed by atoms with Crippen LogP contribution in [0, 0.1) is 11.3 Å². The Hall–Kier alpha value is -2.97. The largest absolute Gasteiger partial charge is 0.444 e. The lowest BCUT2D eigenvalue weighted by Gasteiger charge is -2.28. The van der Waals surface area contributed by atoms with Crippen LogP contribution >= 0.6 is 11.3 Å². The molecular formula is C20H24N6O4S. The van der Waals surface area contributed by atoms with E-state index in [1.165, 1.54) is 22.2 Å². The van der Waals surface area contributed by atoms with Crippen molar-refractivity contribution in [2.75, 3.05) is 20.3 Å². The zero-order valence-corrected chi connectivity index (χ0v) is 18.7. The van der Waals surface area contributed by atoms with E-state index < -0.39 is 11.7 Å². The molecule has 11 heteroatoms. The third kappa shape index (κ3) is 4.13. The Labute approximate surface area is 184 Å². The number of ether oxygens (including phenoxy) is 2. The van der Waals surface area contributed by atoms with Crippen LogP contribution in [-0.2, 0) is 16.0 Å². The van der Waals surface area contributed by atoms with Crippen LogP contribution in [0.3, 0.4) is 0 Å². The van der Waals surface area contributed by atoms with E-state index in [0.717, 1.165) is 4.88 Å². The van der Waals surface area contributed by atoms with Gasteiger partial charge in [0.1, 0.15) is 17.4 Å². The predicted molar refractivity (Wildman–Crippen MR) is 111 cm³/mol. The standard InChI is InChI=1S/C20H24N6O4S/c1-20(2,3)30-19(28)25-9-13(5-14(25)11-29-4)24-10-15-16(17(24)27)23-18(31-15)26-8-12(6-21)7-22-26/h7-8,13-14H,5,9-11H2,1-4H3/t13-,14+/m1/s1. The number of carbonyl (C=O) groups is 2. The molecule has 0 spiro atoms. The van der Waals surface area contributed by atoms with Crippen LogP contribution in [0.5, 0.6) is 0 Å². The normalized spacial score (nSPS) is 20.8. The maximum Gasteiger partial charge on any atom is 0.410 e. The topological polar surface area (TPSA) is 114 Å².